The van der Waals surface area contributed by atoms with E-state index in [1.165, 1.54) is 27.0 Å². The highest BCUT2D eigenvalue weighted by Crippen LogP contribution is 2.49. The molecule has 0 heterocycles. The lowest BCUT2D eigenvalue weighted by molar-refractivity contribution is -0.117. The summed E-state index contributed by atoms with van der Waals surface area (Å²) >= 11 is 3.32. The largest absolute Gasteiger partial charge is 0.355 e. The third-order valence-corrected chi connectivity index (χ3v) is 4.38. The predicted molar refractivity (Wildman–Crippen MR) is 77.6 cm³/mol. The molecule has 0 atom stereocenters. The van der Waals surface area contributed by atoms with E-state index < -0.39 is 7.60 Å². The second-order valence-corrected chi connectivity index (χ2v) is 6.62. The molecule has 0 aliphatic carbocycles. The Morgan fingerprint density at radius 1 is 1.26 bits per heavy atom. The number of rotatable bonds is 5. The second kappa shape index (κ2) is 7.01. The molecule has 7 heteroatoms. The standard InChI is InChI=1S/C12H15BrNO4P/c1-9(15)14-12(8-19(16,17-2)18-3)10-4-6-11(13)7-5-10/h4-8H,1-3H3,(H,14,15)/b12-8+. The summed E-state index contributed by atoms with van der Waals surface area (Å²) in [6.45, 7) is 1.37. The molecule has 0 aliphatic heterocycles. The minimum atomic E-state index is -3.36. The van der Waals surface area contributed by atoms with Gasteiger partial charge >= 0.3 is 7.60 Å². The van der Waals surface area contributed by atoms with Gasteiger partial charge in [0, 0.05) is 25.6 Å². The molecule has 0 unspecified atom stereocenters. The Balaban J connectivity index is 3.21. The van der Waals surface area contributed by atoms with Crippen LogP contribution in [0.1, 0.15) is 12.5 Å². The molecule has 0 radical (unpaired) electrons. The van der Waals surface area contributed by atoms with Gasteiger partial charge in [0.15, 0.2) is 0 Å². The fraction of sp³-hybridized carbons (Fsp3) is 0.250. The fourth-order valence-corrected chi connectivity index (χ4v) is 2.49. The van der Waals surface area contributed by atoms with Crippen LogP contribution in [0.4, 0.5) is 0 Å². The van der Waals surface area contributed by atoms with Gasteiger partial charge in [-0.15, -0.1) is 0 Å². The molecule has 19 heavy (non-hydrogen) atoms. The van der Waals surface area contributed by atoms with Gasteiger partial charge in [-0.05, 0) is 17.7 Å². The lowest BCUT2D eigenvalue weighted by Crippen LogP contribution is -2.18. The van der Waals surface area contributed by atoms with Crippen LogP contribution >= 0.6 is 23.5 Å². The molecule has 104 valence electrons. The Hall–Kier alpha value is -0.940. The summed E-state index contributed by atoms with van der Waals surface area (Å²) in [6.07, 6.45) is 0. The van der Waals surface area contributed by atoms with Crippen LogP contribution in [0, 0.1) is 0 Å². The van der Waals surface area contributed by atoms with E-state index in [0.717, 1.165) is 4.47 Å². The maximum atomic E-state index is 12.1. The van der Waals surface area contributed by atoms with Crippen LogP contribution in [0.2, 0.25) is 0 Å². The summed E-state index contributed by atoms with van der Waals surface area (Å²) in [5, 5.41) is 2.61. The van der Waals surface area contributed by atoms with Crippen molar-refractivity contribution in [3.8, 4) is 0 Å². The molecule has 1 aromatic carbocycles. The molecule has 1 aromatic rings. The first-order chi connectivity index (χ1) is 8.90. The maximum absolute atomic E-state index is 12.1. The topological polar surface area (TPSA) is 64.6 Å². The molecule has 1 rings (SSSR count). The summed E-state index contributed by atoms with van der Waals surface area (Å²) in [5.41, 5.74) is 1.08. The lowest BCUT2D eigenvalue weighted by atomic mass is 10.2. The smallest absolute Gasteiger partial charge is 0.325 e. The van der Waals surface area contributed by atoms with Crippen LogP contribution in [0.25, 0.3) is 5.70 Å². The molecule has 0 saturated carbocycles. The lowest BCUT2D eigenvalue weighted by Gasteiger charge is -2.13. The number of amides is 1. The molecular formula is C12H15BrNO4P. The van der Waals surface area contributed by atoms with Crippen molar-refractivity contribution in [1.29, 1.82) is 0 Å². The number of benzene rings is 1. The molecule has 0 spiro atoms. The molecule has 1 N–H and O–H groups in total. The van der Waals surface area contributed by atoms with Crippen LogP contribution in [0.3, 0.4) is 0 Å². The Kier molecular flexibility index (Phi) is 5.94. The number of carbonyl (C=O) groups excluding carboxylic acids is 1. The molecule has 5 nitrogen and oxygen atoms in total. The van der Waals surface area contributed by atoms with Crippen molar-refractivity contribution in [3.05, 3.63) is 40.1 Å². The summed E-state index contributed by atoms with van der Waals surface area (Å²) in [5.74, 6) is 1.02. The summed E-state index contributed by atoms with van der Waals surface area (Å²) < 4.78 is 22.7. The average Bonchev–Trinajstić information content (AvgIpc) is 2.38. The number of hydrogen-bond donors (Lipinski definition) is 1. The van der Waals surface area contributed by atoms with Gasteiger partial charge in [-0.2, -0.15) is 0 Å². The third kappa shape index (κ3) is 4.91. The van der Waals surface area contributed by atoms with Crippen molar-refractivity contribution in [2.45, 2.75) is 6.92 Å². The number of nitrogens with one attached hydrogen (secondary N) is 1. The van der Waals surface area contributed by atoms with E-state index >= 15 is 0 Å². The molecule has 0 aliphatic rings. The predicted octanol–water partition coefficient (Wildman–Crippen LogP) is 3.37. The highest BCUT2D eigenvalue weighted by molar-refractivity contribution is 9.10. The number of halogens is 1. The van der Waals surface area contributed by atoms with Gasteiger partial charge in [-0.1, -0.05) is 28.1 Å². The molecule has 0 bridgehead atoms. The Labute approximate surface area is 120 Å². The van der Waals surface area contributed by atoms with Gasteiger partial charge in [0.25, 0.3) is 0 Å². The van der Waals surface area contributed by atoms with E-state index in [4.69, 9.17) is 9.05 Å². The van der Waals surface area contributed by atoms with Gasteiger partial charge in [0.1, 0.15) is 0 Å². The van der Waals surface area contributed by atoms with E-state index in [1.807, 2.05) is 12.1 Å². The zero-order chi connectivity index (χ0) is 14.5. The van der Waals surface area contributed by atoms with Gasteiger partial charge in [-0.3, -0.25) is 9.36 Å². The van der Waals surface area contributed by atoms with Crippen molar-refractivity contribution in [2.75, 3.05) is 14.2 Å². The average molecular weight is 348 g/mol. The molecule has 1 amide bonds. The van der Waals surface area contributed by atoms with E-state index in [0.29, 0.717) is 11.3 Å². The van der Waals surface area contributed by atoms with Crippen LogP contribution in [0.15, 0.2) is 34.6 Å². The molecule has 0 saturated heterocycles. The van der Waals surface area contributed by atoms with Gasteiger partial charge in [-0.25, -0.2) is 0 Å². The van der Waals surface area contributed by atoms with E-state index in [1.54, 1.807) is 12.1 Å². The van der Waals surface area contributed by atoms with Crippen LogP contribution in [-0.2, 0) is 18.4 Å². The van der Waals surface area contributed by atoms with Crippen molar-refractivity contribution in [2.24, 2.45) is 0 Å². The van der Waals surface area contributed by atoms with Gasteiger partial charge in [0.2, 0.25) is 5.91 Å². The highest BCUT2D eigenvalue weighted by Gasteiger charge is 2.20. The Morgan fingerprint density at radius 3 is 2.21 bits per heavy atom. The van der Waals surface area contributed by atoms with E-state index in [-0.39, 0.29) is 5.91 Å². The zero-order valence-electron chi connectivity index (χ0n) is 10.8. The monoisotopic (exact) mass is 347 g/mol. The fourth-order valence-electron chi connectivity index (χ4n) is 1.34. The number of hydrogen-bond acceptors (Lipinski definition) is 4. The van der Waals surface area contributed by atoms with Crippen LogP contribution < -0.4 is 5.32 Å². The zero-order valence-corrected chi connectivity index (χ0v) is 13.3. The molecule has 0 fully saturated rings. The summed E-state index contributed by atoms with van der Waals surface area (Å²) in [7, 11) is -0.788. The van der Waals surface area contributed by atoms with Crippen molar-refractivity contribution >= 4 is 35.1 Å². The minimum absolute atomic E-state index is 0.270. The van der Waals surface area contributed by atoms with Crippen LogP contribution in [-0.4, -0.2) is 20.1 Å². The summed E-state index contributed by atoms with van der Waals surface area (Å²) in [4.78, 5) is 11.2. The minimum Gasteiger partial charge on any atom is -0.325 e. The third-order valence-electron chi connectivity index (χ3n) is 2.26. The van der Waals surface area contributed by atoms with Gasteiger partial charge < -0.3 is 14.4 Å². The summed E-state index contributed by atoms with van der Waals surface area (Å²) in [6, 6.07) is 7.19. The SMILES string of the molecule is COP(=O)(/C=C(/NC(C)=O)c1ccc(Br)cc1)OC. The van der Waals surface area contributed by atoms with Crippen molar-refractivity contribution < 1.29 is 18.4 Å². The maximum Gasteiger partial charge on any atom is 0.355 e. The quantitative estimate of drug-likeness (QED) is 0.829. The second-order valence-electron chi connectivity index (χ2n) is 3.64. The van der Waals surface area contributed by atoms with Gasteiger partial charge in [0.05, 0.1) is 11.5 Å². The first-order valence-electron chi connectivity index (χ1n) is 5.38. The van der Waals surface area contributed by atoms with Crippen molar-refractivity contribution in [1.82, 2.24) is 5.32 Å². The Morgan fingerprint density at radius 2 is 1.79 bits per heavy atom. The van der Waals surface area contributed by atoms with Crippen LogP contribution in [0.5, 0.6) is 0 Å². The first-order valence-corrected chi connectivity index (χ1v) is 7.78. The normalized spacial score (nSPS) is 12.3. The first kappa shape index (κ1) is 16.1. The number of carbonyl (C=O) groups is 1. The van der Waals surface area contributed by atoms with E-state index in [9.17, 15) is 9.36 Å². The van der Waals surface area contributed by atoms with E-state index in [2.05, 4.69) is 21.2 Å². The molecular weight excluding hydrogens is 333 g/mol. The highest BCUT2D eigenvalue weighted by atomic mass is 79.9. The molecule has 0 aromatic heterocycles. The Bertz CT molecular complexity index is 519. The van der Waals surface area contributed by atoms with Crippen molar-refractivity contribution in [3.63, 3.8) is 0 Å².